The van der Waals surface area contributed by atoms with Gasteiger partial charge in [0.25, 0.3) is 11.8 Å². The number of ether oxygens (including phenoxy) is 4. The molecule has 0 aliphatic heterocycles. The van der Waals surface area contributed by atoms with Crippen molar-refractivity contribution < 1.29 is 54.1 Å². The first-order chi connectivity index (χ1) is 25.4. The van der Waals surface area contributed by atoms with Gasteiger partial charge in [0.05, 0.1) is 30.4 Å². The SMILES string of the molecule is COC(F)(F)c1nnc2cnc(-c3ccc(O[C@@H](C)C(F)(F)CCOC(F)(F)c4nnc5cnc(-c6ccc(O[C@H](C)C(C)(F)F)nc6)cn45)nc3)cn12. The van der Waals surface area contributed by atoms with Crippen LogP contribution in [0.15, 0.2) is 61.4 Å². The van der Waals surface area contributed by atoms with Gasteiger partial charge in [-0.3, -0.25) is 18.8 Å². The van der Waals surface area contributed by atoms with Gasteiger partial charge in [0.1, 0.15) is 0 Å². The number of fused-ring (bicyclic) bond motifs is 2. The van der Waals surface area contributed by atoms with Crippen LogP contribution in [0.1, 0.15) is 38.8 Å². The third kappa shape index (κ3) is 7.98. The molecule has 6 heterocycles. The van der Waals surface area contributed by atoms with Crippen molar-refractivity contribution >= 4 is 11.3 Å². The summed E-state index contributed by atoms with van der Waals surface area (Å²) in [6.45, 7) is 1.76. The Morgan fingerprint density at radius 3 is 1.56 bits per heavy atom. The molecule has 0 aromatic carbocycles. The van der Waals surface area contributed by atoms with E-state index >= 15 is 17.6 Å². The van der Waals surface area contributed by atoms with Gasteiger partial charge >= 0.3 is 12.2 Å². The minimum atomic E-state index is -4.18. The number of rotatable bonds is 15. The summed E-state index contributed by atoms with van der Waals surface area (Å²) in [5.74, 6) is -8.97. The Hall–Kier alpha value is -5.64. The molecular formula is C32H28F8N10O4. The third-order valence-corrected chi connectivity index (χ3v) is 8.05. The summed E-state index contributed by atoms with van der Waals surface area (Å²) in [6, 6.07) is 5.36. The van der Waals surface area contributed by atoms with Crippen molar-refractivity contribution in [3.63, 3.8) is 0 Å². The van der Waals surface area contributed by atoms with Gasteiger partial charge in [0.15, 0.2) is 23.5 Å². The quantitative estimate of drug-likeness (QED) is 0.107. The van der Waals surface area contributed by atoms with Crippen molar-refractivity contribution in [1.29, 1.82) is 0 Å². The van der Waals surface area contributed by atoms with Crippen LogP contribution in [0, 0.1) is 0 Å². The van der Waals surface area contributed by atoms with Crippen LogP contribution in [-0.4, -0.2) is 86.9 Å². The first-order valence-electron chi connectivity index (χ1n) is 15.8. The summed E-state index contributed by atoms with van der Waals surface area (Å²) in [6.07, 6.45) is -5.31. The van der Waals surface area contributed by atoms with Gasteiger partial charge in [-0.25, -0.2) is 27.5 Å². The molecule has 22 heteroatoms. The van der Waals surface area contributed by atoms with Crippen molar-refractivity contribution in [1.82, 2.24) is 49.1 Å². The average Bonchev–Trinajstić information content (AvgIpc) is 3.77. The second kappa shape index (κ2) is 14.3. The molecule has 0 aliphatic carbocycles. The van der Waals surface area contributed by atoms with E-state index < -0.39 is 60.9 Å². The lowest BCUT2D eigenvalue weighted by molar-refractivity contribution is -0.262. The fourth-order valence-corrected chi connectivity index (χ4v) is 4.73. The van der Waals surface area contributed by atoms with E-state index in [0.29, 0.717) is 18.1 Å². The molecular weight excluding hydrogens is 740 g/mol. The Balaban J connectivity index is 1.07. The lowest BCUT2D eigenvalue weighted by Gasteiger charge is -2.25. The molecule has 0 saturated carbocycles. The molecule has 286 valence electrons. The van der Waals surface area contributed by atoms with Crippen molar-refractivity contribution in [2.24, 2.45) is 0 Å². The summed E-state index contributed by atoms with van der Waals surface area (Å²) < 4.78 is 137. The molecule has 0 N–H and O–H groups in total. The summed E-state index contributed by atoms with van der Waals surface area (Å²) in [5, 5.41) is 14.2. The van der Waals surface area contributed by atoms with E-state index in [9.17, 15) is 17.6 Å². The van der Waals surface area contributed by atoms with E-state index in [-0.39, 0.29) is 34.4 Å². The molecule has 0 unspecified atom stereocenters. The highest BCUT2D eigenvalue weighted by Crippen LogP contribution is 2.33. The highest BCUT2D eigenvalue weighted by atomic mass is 19.3. The number of methoxy groups -OCH3 is 1. The van der Waals surface area contributed by atoms with Crippen molar-refractivity contribution in [3.05, 3.63) is 73.1 Å². The summed E-state index contributed by atoms with van der Waals surface area (Å²) in [7, 11) is 0.803. The summed E-state index contributed by atoms with van der Waals surface area (Å²) in [4.78, 5) is 16.2. The van der Waals surface area contributed by atoms with Crippen molar-refractivity contribution in [2.75, 3.05) is 13.7 Å². The van der Waals surface area contributed by atoms with E-state index in [1.807, 2.05) is 0 Å². The number of halogens is 8. The average molecular weight is 769 g/mol. The topological polar surface area (TPSA) is 149 Å². The highest BCUT2D eigenvalue weighted by molar-refractivity contribution is 5.60. The zero-order valence-electron chi connectivity index (χ0n) is 28.5. The lowest BCUT2D eigenvalue weighted by atomic mass is 10.1. The molecule has 14 nitrogen and oxygen atoms in total. The van der Waals surface area contributed by atoms with E-state index in [0.717, 1.165) is 35.2 Å². The maximum Gasteiger partial charge on any atom is 0.418 e. The zero-order chi connectivity index (χ0) is 39.1. The molecule has 2 atom stereocenters. The van der Waals surface area contributed by atoms with Crippen LogP contribution in [0.25, 0.3) is 33.8 Å². The first kappa shape index (κ1) is 38.1. The van der Waals surface area contributed by atoms with E-state index in [2.05, 4.69) is 49.8 Å². The molecule has 0 fully saturated rings. The highest BCUT2D eigenvalue weighted by Gasteiger charge is 2.43. The Morgan fingerprint density at radius 1 is 0.630 bits per heavy atom. The minimum Gasteiger partial charge on any atom is -0.468 e. The molecule has 0 spiro atoms. The fourth-order valence-electron chi connectivity index (χ4n) is 4.73. The maximum atomic E-state index is 15.2. The van der Waals surface area contributed by atoms with E-state index in [1.165, 1.54) is 56.0 Å². The molecule has 0 aliphatic rings. The number of hydrogen-bond donors (Lipinski definition) is 0. The van der Waals surface area contributed by atoms with Gasteiger partial charge < -0.3 is 18.9 Å². The standard InChI is InChI=1S/C32H28F8N10O4/c1-17(29(3,33)34)53-25-7-5-19(11-43-25)22-16-50-24(14-42-22)46-48-28(50)32(39,40)52-10-9-30(35,36)18(2)54-26-8-6-20(12-44-26)21-15-49-23(13-41-21)45-47-27(49)31(37,38)51-4/h5-8,11-18H,9-10H2,1-4H3/t17-,18+/m1/s1. The Morgan fingerprint density at radius 2 is 1.11 bits per heavy atom. The number of aromatic nitrogens is 10. The van der Waals surface area contributed by atoms with Gasteiger partial charge in [-0.05, 0) is 26.0 Å². The molecule has 0 radical (unpaired) electrons. The van der Waals surface area contributed by atoms with Crippen molar-refractivity contribution in [2.45, 2.75) is 63.5 Å². The molecule has 6 rings (SSSR count). The van der Waals surface area contributed by atoms with Gasteiger partial charge in [-0.2, -0.15) is 17.6 Å². The molecule has 6 aromatic heterocycles. The van der Waals surface area contributed by atoms with Crippen LogP contribution in [0.2, 0.25) is 0 Å². The van der Waals surface area contributed by atoms with Gasteiger partial charge in [-0.1, -0.05) is 0 Å². The molecule has 6 aromatic rings. The van der Waals surface area contributed by atoms with Gasteiger partial charge in [-0.15, -0.1) is 20.4 Å². The Kier molecular flexibility index (Phi) is 10.1. The molecule has 0 amide bonds. The number of pyridine rings is 2. The number of hydrogen-bond acceptors (Lipinski definition) is 12. The number of alkyl halides is 8. The number of nitrogens with zero attached hydrogens (tertiary/aromatic N) is 10. The lowest BCUT2D eigenvalue weighted by Crippen LogP contribution is -2.37. The Labute approximate surface area is 299 Å². The van der Waals surface area contributed by atoms with Crippen LogP contribution >= 0.6 is 0 Å². The fraction of sp³-hybridized carbons (Fsp3) is 0.375. The van der Waals surface area contributed by atoms with Crippen LogP contribution in [0.3, 0.4) is 0 Å². The third-order valence-electron chi connectivity index (χ3n) is 8.05. The minimum absolute atomic E-state index is 0.0157. The normalized spacial score (nSPS) is 14.1. The maximum absolute atomic E-state index is 15.2. The predicted molar refractivity (Wildman–Crippen MR) is 169 cm³/mol. The van der Waals surface area contributed by atoms with E-state index in [4.69, 9.17) is 9.47 Å². The van der Waals surface area contributed by atoms with Crippen LogP contribution in [0.4, 0.5) is 35.1 Å². The predicted octanol–water partition coefficient (Wildman–Crippen LogP) is 6.36. The Bertz CT molecular complexity index is 2230. The summed E-state index contributed by atoms with van der Waals surface area (Å²) in [5.41, 5.74) is 0.786. The van der Waals surface area contributed by atoms with Crippen LogP contribution in [-0.2, 0) is 21.7 Å². The summed E-state index contributed by atoms with van der Waals surface area (Å²) >= 11 is 0. The van der Waals surface area contributed by atoms with Crippen LogP contribution < -0.4 is 9.47 Å². The van der Waals surface area contributed by atoms with Gasteiger partial charge in [0.2, 0.25) is 23.4 Å². The molecule has 0 saturated heterocycles. The second-order valence-corrected chi connectivity index (χ2v) is 11.9. The monoisotopic (exact) mass is 768 g/mol. The smallest absolute Gasteiger partial charge is 0.418 e. The largest absolute Gasteiger partial charge is 0.468 e. The zero-order valence-corrected chi connectivity index (χ0v) is 28.5. The van der Waals surface area contributed by atoms with E-state index in [1.54, 1.807) is 0 Å². The van der Waals surface area contributed by atoms with Gasteiger partial charge in [0, 0.05) is 68.5 Å². The van der Waals surface area contributed by atoms with Crippen LogP contribution in [0.5, 0.6) is 11.8 Å². The molecule has 54 heavy (non-hydrogen) atoms. The first-order valence-corrected chi connectivity index (χ1v) is 15.8. The molecule has 0 bridgehead atoms. The second-order valence-electron chi connectivity index (χ2n) is 11.9. The van der Waals surface area contributed by atoms with Crippen molar-refractivity contribution in [3.8, 4) is 34.3 Å².